The predicted molar refractivity (Wildman–Crippen MR) is 117 cm³/mol. The number of ether oxygens (including phenoxy) is 1. The van der Waals surface area contributed by atoms with E-state index >= 15 is 0 Å². The molecule has 4 aromatic rings. The highest BCUT2D eigenvalue weighted by atomic mass is 32.1. The van der Waals surface area contributed by atoms with Crippen LogP contribution in [0.25, 0.3) is 21.5 Å². The number of fused-ring (bicyclic) bond motifs is 1. The first kappa shape index (κ1) is 20.0. The molecule has 0 saturated carbocycles. The molecule has 30 heavy (non-hydrogen) atoms. The molecular formula is C22H22N4O3S. The zero-order valence-corrected chi connectivity index (χ0v) is 18.1. The van der Waals surface area contributed by atoms with Crippen molar-refractivity contribution in [2.45, 2.75) is 32.9 Å². The van der Waals surface area contributed by atoms with E-state index in [1.54, 1.807) is 46.5 Å². The number of esters is 1. The van der Waals surface area contributed by atoms with Crippen LogP contribution in [-0.2, 0) is 16.8 Å². The minimum absolute atomic E-state index is 0.199. The lowest BCUT2D eigenvalue weighted by molar-refractivity contribution is 0.0600. The first-order valence-corrected chi connectivity index (χ1v) is 10.4. The van der Waals surface area contributed by atoms with Gasteiger partial charge < -0.3 is 4.74 Å². The maximum Gasteiger partial charge on any atom is 0.337 e. The lowest BCUT2D eigenvalue weighted by Crippen LogP contribution is -2.30. The van der Waals surface area contributed by atoms with E-state index in [0.717, 1.165) is 21.5 Å². The van der Waals surface area contributed by atoms with E-state index in [1.807, 2.05) is 38.3 Å². The van der Waals surface area contributed by atoms with E-state index in [-0.39, 0.29) is 17.6 Å². The van der Waals surface area contributed by atoms with Crippen LogP contribution >= 0.6 is 11.3 Å². The Labute approximate surface area is 177 Å². The zero-order valence-electron chi connectivity index (χ0n) is 17.2. The molecule has 8 heteroatoms. The van der Waals surface area contributed by atoms with E-state index < -0.39 is 5.97 Å². The summed E-state index contributed by atoms with van der Waals surface area (Å²) in [6.07, 6.45) is 1.72. The molecule has 7 nitrogen and oxygen atoms in total. The molecule has 1 aromatic carbocycles. The van der Waals surface area contributed by atoms with Crippen LogP contribution in [0.1, 0.15) is 36.7 Å². The van der Waals surface area contributed by atoms with Gasteiger partial charge in [-0.15, -0.1) is 11.3 Å². The van der Waals surface area contributed by atoms with Crippen molar-refractivity contribution in [3.05, 3.63) is 69.5 Å². The number of carbonyl (C=O) groups excluding carboxylic acids is 1. The second-order valence-electron chi connectivity index (χ2n) is 7.97. The summed E-state index contributed by atoms with van der Waals surface area (Å²) < 4.78 is 7.97. The van der Waals surface area contributed by atoms with Crippen LogP contribution in [0.15, 0.2) is 52.8 Å². The number of methoxy groups -OCH3 is 1. The summed E-state index contributed by atoms with van der Waals surface area (Å²) in [4.78, 5) is 26.0. The van der Waals surface area contributed by atoms with Gasteiger partial charge in [-0.3, -0.25) is 9.48 Å². The molecule has 0 unspecified atom stereocenters. The molecule has 154 valence electrons. The number of carbonyl (C=O) groups is 1. The molecule has 0 aliphatic heterocycles. The van der Waals surface area contributed by atoms with Gasteiger partial charge in [0.2, 0.25) is 0 Å². The maximum atomic E-state index is 13.4. The van der Waals surface area contributed by atoms with E-state index in [9.17, 15) is 9.59 Å². The number of hydrogen-bond donors (Lipinski definition) is 0. The number of nitrogens with zero attached hydrogens (tertiary/aromatic N) is 4. The molecule has 0 amide bonds. The Morgan fingerprint density at radius 2 is 1.90 bits per heavy atom. The van der Waals surface area contributed by atoms with Crippen molar-refractivity contribution >= 4 is 28.2 Å². The highest BCUT2D eigenvalue weighted by molar-refractivity contribution is 7.13. The fraction of sp³-hybridized carbons (Fsp3) is 0.273. The minimum Gasteiger partial charge on any atom is -0.465 e. The Morgan fingerprint density at radius 1 is 1.17 bits per heavy atom. The van der Waals surface area contributed by atoms with Gasteiger partial charge in [0.05, 0.1) is 41.2 Å². The monoisotopic (exact) mass is 422 g/mol. The Hall–Kier alpha value is -3.26. The summed E-state index contributed by atoms with van der Waals surface area (Å²) in [6.45, 7) is 6.32. The van der Waals surface area contributed by atoms with E-state index in [1.165, 1.54) is 11.8 Å². The average Bonchev–Trinajstić information content (AvgIpc) is 3.40. The summed E-state index contributed by atoms with van der Waals surface area (Å²) in [5.74, 6) is -0.396. The molecule has 0 radical (unpaired) electrons. The Bertz CT molecular complexity index is 1260. The Morgan fingerprint density at radius 3 is 2.50 bits per heavy atom. The summed E-state index contributed by atoms with van der Waals surface area (Å²) in [5, 5.41) is 11.9. The second kappa shape index (κ2) is 7.53. The van der Waals surface area contributed by atoms with Crippen LogP contribution < -0.4 is 5.56 Å². The van der Waals surface area contributed by atoms with E-state index in [0.29, 0.717) is 11.1 Å². The van der Waals surface area contributed by atoms with Crippen molar-refractivity contribution in [1.82, 2.24) is 19.6 Å². The summed E-state index contributed by atoms with van der Waals surface area (Å²) in [7, 11) is 1.35. The minimum atomic E-state index is -0.396. The third kappa shape index (κ3) is 3.54. The molecule has 4 rings (SSSR count). The van der Waals surface area contributed by atoms with Crippen LogP contribution in [0.3, 0.4) is 0 Å². The molecule has 3 aromatic heterocycles. The SMILES string of the molecule is COC(=O)c1ccc(Cn2nc(-c3cccs3)c3cnn(C(C)(C)C)c3c2=O)cc1. The molecule has 0 N–H and O–H groups in total. The fourth-order valence-corrected chi connectivity index (χ4v) is 4.04. The molecule has 0 fully saturated rings. The standard InChI is InChI=1S/C22H22N4O3S/c1-22(2,3)26-19-16(12-23-26)18(17-6-5-11-30-17)24-25(20(19)27)13-14-7-9-15(10-8-14)21(28)29-4/h5-12H,13H2,1-4H3. The van der Waals surface area contributed by atoms with Gasteiger partial charge >= 0.3 is 5.97 Å². The predicted octanol–water partition coefficient (Wildman–Crippen LogP) is 3.91. The highest BCUT2D eigenvalue weighted by Gasteiger charge is 2.23. The smallest absolute Gasteiger partial charge is 0.337 e. The number of rotatable bonds is 4. The lowest BCUT2D eigenvalue weighted by atomic mass is 10.1. The molecular weight excluding hydrogens is 400 g/mol. The van der Waals surface area contributed by atoms with Crippen LogP contribution in [-0.4, -0.2) is 32.6 Å². The van der Waals surface area contributed by atoms with Gasteiger partial charge in [-0.1, -0.05) is 18.2 Å². The van der Waals surface area contributed by atoms with Crippen molar-refractivity contribution < 1.29 is 9.53 Å². The molecule has 3 heterocycles. The first-order chi connectivity index (χ1) is 14.3. The van der Waals surface area contributed by atoms with E-state index in [4.69, 9.17) is 4.74 Å². The fourth-order valence-electron chi connectivity index (χ4n) is 3.32. The van der Waals surface area contributed by atoms with Crippen molar-refractivity contribution in [2.75, 3.05) is 7.11 Å². The topological polar surface area (TPSA) is 79.0 Å². The summed E-state index contributed by atoms with van der Waals surface area (Å²) >= 11 is 1.57. The first-order valence-electron chi connectivity index (χ1n) is 9.50. The van der Waals surface area contributed by atoms with Crippen LogP contribution in [0.2, 0.25) is 0 Å². The average molecular weight is 423 g/mol. The van der Waals surface area contributed by atoms with Gasteiger partial charge in [0.25, 0.3) is 5.56 Å². The van der Waals surface area contributed by atoms with Crippen LogP contribution in [0.4, 0.5) is 0 Å². The maximum absolute atomic E-state index is 13.4. The van der Waals surface area contributed by atoms with Crippen molar-refractivity contribution in [3.8, 4) is 10.6 Å². The van der Waals surface area contributed by atoms with Crippen molar-refractivity contribution in [3.63, 3.8) is 0 Å². The molecule has 0 aliphatic carbocycles. The second-order valence-corrected chi connectivity index (χ2v) is 8.91. The highest BCUT2D eigenvalue weighted by Crippen LogP contribution is 2.30. The number of aromatic nitrogens is 4. The normalized spacial score (nSPS) is 11.7. The molecule has 0 spiro atoms. The van der Waals surface area contributed by atoms with Gasteiger partial charge in [0.15, 0.2) is 0 Å². The molecule has 0 atom stereocenters. The quantitative estimate of drug-likeness (QED) is 0.466. The largest absolute Gasteiger partial charge is 0.465 e. The number of hydrogen-bond acceptors (Lipinski definition) is 6. The van der Waals surface area contributed by atoms with Crippen LogP contribution in [0, 0.1) is 0 Å². The molecule has 0 bridgehead atoms. The third-order valence-electron chi connectivity index (χ3n) is 4.78. The molecule has 0 saturated heterocycles. The summed E-state index contributed by atoms with van der Waals surface area (Å²) in [5.41, 5.74) is 2.04. The number of thiophene rings is 1. The van der Waals surface area contributed by atoms with Crippen LogP contribution in [0.5, 0.6) is 0 Å². The summed E-state index contributed by atoms with van der Waals surface area (Å²) in [6, 6.07) is 10.9. The Kier molecular flexibility index (Phi) is 5.03. The van der Waals surface area contributed by atoms with Gasteiger partial charge in [0.1, 0.15) is 11.2 Å². The van der Waals surface area contributed by atoms with Crippen molar-refractivity contribution in [1.29, 1.82) is 0 Å². The third-order valence-corrected chi connectivity index (χ3v) is 5.66. The van der Waals surface area contributed by atoms with Crippen molar-refractivity contribution in [2.24, 2.45) is 0 Å². The van der Waals surface area contributed by atoms with Gasteiger partial charge in [-0.25, -0.2) is 9.48 Å². The lowest BCUT2D eigenvalue weighted by Gasteiger charge is -2.20. The zero-order chi connectivity index (χ0) is 21.5. The molecule has 0 aliphatic rings. The van der Waals surface area contributed by atoms with E-state index in [2.05, 4.69) is 10.2 Å². The number of benzene rings is 1. The van der Waals surface area contributed by atoms with Gasteiger partial charge in [-0.2, -0.15) is 10.2 Å². The van der Waals surface area contributed by atoms with Gasteiger partial charge in [-0.05, 0) is 49.9 Å². The van der Waals surface area contributed by atoms with Gasteiger partial charge in [0, 0.05) is 0 Å². The Balaban J connectivity index is 1.86.